The van der Waals surface area contributed by atoms with Crippen molar-refractivity contribution in [1.29, 1.82) is 0 Å². The quantitative estimate of drug-likeness (QED) is 0.841. The van der Waals surface area contributed by atoms with E-state index >= 15 is 0 Å². The maximum absolute atomic E-state index is 12.3. The lowest BCUT2D eigenvalue weighted by Gasteiger charge is -2.18. The van der Waals surface area contributed by atoms with Crippen molar-refractivity contribution in [2.45, 2.75) is 17.3 Å². The second-order valence-corrected chi connectivity index (χ2v) is 6.31. The summed E-state index contributed by atoms with van der Waals surface area (Å²) >= 11 is 9.65. The molecule has 1 aliphatic carbocycles. The van der Waals surface area contributed by atoms with Crippen molar-refractivity contribution in [2.75, 3.05) is 0 Å². The molecule has 3 rings (SSSR count). The molecule has 102 valence electrons. The van der Waals surface area contributed by atoms with Crippen LogP contribution in [0.3, 0.4) is 0 Å². The average molecular weight is 352 g/mol. The Hall–Kier alpha value is -1.39. The van der Waals surface area contributed by atoms with Gasteiger partial charge in [0, 0.05) is 17.2 Å². The minimum absolute atomic E-state index is 0.0390. The number of nitrogens with zero attached hydrogens (tertiary/aromatic N) is 1. The summed E-state index contributed by atoms with van der Waals surface area (Å²) in [5, 5.41) is 3.41. The van der Waals surface area contributed by atoms with Gasteiger partial charge in [0.25, 0.3) is 5.91 Å². The first kappa shape index (κ1) is 13.6. The van der Waals surface area contributed by atoms with E-state index in [0.29, 0.717) is 10.6 Å². The number of alkyl halides is 1. The minimum atomic E-state index is -0.177. The van der Waals surface area contributed by atoms with Crippen LogP contribution in [0.5, 0.6) is 0 Å². The van der Waals surface area contributed by atoms with Crippen molar-refractivity contribution < 1.29 is 4.79 Å². The molecule has 0 fully saturated rings. The Kier molecular flexibility index (Phi) is 3.76. The van der Waals surface area contributed by atoms with Gasteiger partial charge in [-0.1, -0.05) is 51.8 Å². The standard InChI is InChI=1S/C15H12BrClN2O/c16-12-7-9-3-1-2-4-10(9)14(12)19-15(20)11-5-6-18-8-13(11)17/h1-6,8,12,14H,7H2,(H,19,20). The maximum Gasteiger partial charge on any atom is 0.253 e. The molecule has 0 bridgehead atoms. The van der Waals surface area contributed by atoms with E-state index in [4.69, 9.17) is 11.6 Å². The number of amides is 1. The molecular formula is C15H12BrClN2O. The summed E-state index contributed by atoms with van der Waals surface area (Å²) in [4.78, 5) is 16.4. The third-order valence-electron chi connectivity index (χ3n) is 3.47. The van der Waals surface area contributed by atoms with Gasteiger partial charge in [-0.15, -0.1) is 0 Å². The lowest BCUT2D eigenvalue weighted by molar-refractivity contribution is 0.0938. The van der Waals surface area contributed by atoms with Gasteiger partial charge in [0.15, 0.2) is 0 Å². The van der Waals surface area contributed by atoms with Gasteiger partial charge in [0.05, 0.1) is 16.6 Å². The van der Waals surface area contributed by atoms with Crippen molar-refractivity contribution in [3.05, 3.63) is 64.4 Å². The molecule has 1 aromatic heterocycles. The van der Waals surface area contributed by atoms with Crippen LogP contribution in [0.4, 0.5) is 0 Å². The van der Waals surface area contributed by atoms with Gasteiger partial charge in [-0.2, -0.15) is 0 Å². The minimum Gasteiger partial charge on any atom is -0.344 e. The van der Waals surface area contributed by atoms with Gasteiger partial charge < -0.3 is 5.32 Å². The molecule has 1 amide bonds. The highest BCUT2D eigenvalue weighted by Crippen LogP contribution is 2.36. The average Bonchev–Trinajstić information content (AvgIpc) is 2.76. The summed E-state index contributed by atoms with van der Waals surface area (Å²) in [5.74, 6) is -0.177. The molecule has 3 nitrogen and oxygen atoms in total. The van der Waals surface area contributed by atoms with Crippen LogP contribution in [-0.4, -0.2) is 15.7 Å². The second-order valence-electron chi connectivity index (χ2n) is 4.73. The summed E-state index contributed by atoms with van der Waals surface area (Å²) in [5.41, 5.74) is 2.87. The third kappa shape index (κ3) is 2.45. The lowest BCUT2D eigenvalue weighted by atomic mass is 10.1. The summed E-state index contributed by atoms with van der Waals surface area (Å²) in [7, 11) is 0. The molecule has 0 saturated carbocycles. The van der Waals surface area contributed by atoms with E-state index in [2.05, 4.69) is 38.4 Å². The van der Waals surface area contributed by atoms with Crippen LogP contribution in [-0.2, 0) is 6.42 Å². The number of pyridine rings is 1. The highest BCUT2D eigenvalue weighted by Gasteiger charge is 2.31. The topological polar surface area (TPSA) is 42.0 Å². The van der Waals surface area contributed by atoms with Gasteiger partial charge in [0.2, 0.25) is 0 Å². The highest BCUT2D eigenvalue weighted by molar-refractivity contribution is 9.09. The molecule has 1 N–H and O–H groups in total. The lowest BCUT2D eigenvalue weighted by Crippen LogP contribution is -2.31. The van der Waals surface area contributed by atoms with E-state index in [1.807, 2.05) is 12.1 Å². The molecule has 1 heterocycles. The van der Waals surface area contributed by atoms with Gasteiger partial charge in [-0.3, -0.25) is 9.78 Å². The first-order valence-electron chi connectivity index (χ1n) is 6.29. The Morgan fingerprint density at radius 1 is 1.35 bits per heavy atom. The Bertz CT molecular complexity index is 662. The fraction of sp³-hybridized carbons (Fsp3) is 0.200. The van der Waals surface area contributed by atoms with Crippen molar-refractivity contribution in [3.8, 4) is 0 Å². The van der Waals surface area contributed by atoms with E-state index in [0.717, 1.165) is 12.0 Å². The number of fused-ring (bicyclic) bond motifs is 1. The number of carbonyl (C=O) groups is 1. The van der Waals surface area contributed by atoms with Gasteiger partial charge in [0.1, 0.15) is 0 Å². The molecule has 0 saturated heterocycles. The predicted octanol–water partition coefficient (Wildman–Crippen LogP) is 3.53. The molecule has 0 aliphatic heterocycles. The zero-order valence-electron chi connectivity index (χ0n) is 10.5. The number of hydrogen-bond acceptors (Lipinski definition) is 2. The van der Waals surface area contributed by atoms with E-state index in [9.17, 15) is 4.79 Å². The van der Waals surface area contributed by atoms with Crippen molar-refractivity contribution in [3.63, 3.8) is 0 Å². The van der Waals surface area contributed by atoms with Gasteiger partial charge >= 0.3 is 0 Å². The van der Waals surface area contributed by atoms with Crippen molar-refractivity contribution in [1.82, 2.24) is 10.3 Å². The Labute approximate surface area is 130 Å². The number of aromatic nitrogens is 1. The van der Waals surface area contributed by atoms with Crippen LogP contribution in [0.2, 0.25) is 5.02 Å². The Morgan fingerprint density at radius 2 is 2.15 bits per heavy atom. The number of nitrogens with one attached hydrogen (secondary N) is 1. The fourth-order valence-electron chi connectivity index (χ4n) is 2.49. The SMILES string of the molecule is O=C(NC1c2ccccc2CC1Br)c1ccncc1Cl. The third-order valence-corrected chi connectivity index (χ3v) is 4.62. The molecular weight excluding hydrogens is 340 g/mol. The second kappa shape index (κ2) is 5.54. The first-order valence-corrected chi connectivity index (χ1v) is 7.58. The predicted molar refractivity (Wildman–Crippen MR) is 82.3 cm³/mol. The molecule has 1 aliphatic rings. The zero-order chi connectivity index (χ0) is 14.1. The van der Waals surface area contributed by atoms with Crippen LogP contribution < -0.4 is 5.32 Å². The summed E-state index contributed by atoms with van der Waals surface area (Å²) in [6, 6.07) is 9.74. The maximum atomic E-state index is 12.3. The van der Waals surface area contributed by atoms with E-state index < -0.39 is 0 Å². The molecule has 5 heteroatoms. The number of rotatable bonds is 2. The molecule has 2 aromatic rings. The molecule has 0 spiro atoms. The first-order chi connectivity index (χ1) is 9.66. The van der Waals surface area contributed by atoms with Gasteiger partial charge in [-0.25, -0.2) is 0 Å². The van der Waals surface area contributed by atoms with Crippen LogP contribution >= 0.6 is 27.5 Å². The molecule has 2 atom stereocenters. The number of benzene rings is 1. The van der Waals surface area contributed by atoms with Crippen molar-refractivity contribution in [2.24, 2.45) is 0 Å². The monoisotopic (exact) mass is 350 g/mol. The fourth-order valence-corrected chi connectivity index (χ4v) is 3.46. The van der Waals surface area contributed by atoms with Gasteiger partial charge in [-0.05, 0) is 23.6 Å². The van der Waals surface area contributed by atoms with Crippen LogP contribution in [0.1, 0.15) is 27.5 Å². The summed E-state index contributed by atoms with van der Waals surface area (Å²) in [6.07, 6.45) is 3.95. The zero-order valence-corrected chi connectivity index (χ0v) is 12.9. The summed E-state index contributed by atoms with van der Waals surface area (Å²) < 4.78 is 0. The van der Waals surface area contributed by atoms with E-state index in [1.54, 1.807) is 12.3 Å². The highest BCUT2D eigenvalue weighted by atomic mass is 79.9. The molecule has 20 heavy (non-hydrogen) atoms. The normalized spacial score (nSPS) is 20.5. The van der Waals surface area contributed by atoms with Crippen LogP contribution in [0, 0.1) is 0 Å². The molecule has 2 unspecified atom stereocenters. The number of hydrogen-bond donors (Lipinski definition) is 1. The largest absolute Gasteiger partial charge is 0.344 e. The smallest absolute Gasteiger partial charge is 0.253 e. The van der Waals surface area contributed by atoms with Crippen molar-refractivity contribution >= 4 is 33.4 Å². The molecule has 1 aromatic carbocycles. The molecule has 0 radical (unpaired) electrons. The van der Waals surface area contributed by atoms with Crippen LogP contribution in [0.15, 0.2) is 42.7 Å². The van der Waals surface area contributed by atoms with E-state index in [-0.39, 0.29) is 16.8 Å². The number of halogens is 2. The summed E-state index contributed by atoms with van der Waals surface area (Å²) in [6.45, 7) is 0. The Morgan fingerprint density at radius 3 is 2.95 bits per heavy atom. The van der Waals surface area contributed by atoms with E-state index in [1.165, 1.54) is 11.8 Å². The Balaban J connectivity index is 1.85. The van der Waals surface area contributed by atoms with Crippen LogP contribution in [0.25, 0.3) is 0 Å². The number of carbonyl (C=O) groups excluding carboxylic acids is 1.